The summed E-state index contributed by atoms with van der Waals surface area (Å²) in [4.78, 5) is 2.72. The molecule has 5 heteroatoms. The highest BCUT2D eigenvalue weighted by molar-refractivity contribution is 7.98. The molecule has 0 aliphatic carbocycles. The van der Waals surface area contributed by atoms with Crippen LogP contribution in [0.3, 0.4) is 0 Å². The van der Waals surface area contributed by atoms with Gasteiger partial charge in [0.1, 0.15) is 5.75 Å². The SMILES string of the molecule is COc1ccc(C(N)c2cc3c(s2)CCSC3)cc1Cl. The van der Waals surface area contributed by atoms with E-state index in [-0.39, 0.29) is 6.04 Å². The second kappa shape index (κ2) is 5.98. The average molecular weight is 326 g/mol. The van der Waals surface area contributed by atoms with Crippen LogP contribution in [0, 0.1) is 0 Å². The minimum Gasteiger partial charge on any atom is -0.495 e. The lowest BCUT2D eigenvalue weighted by Gasteiger charge is -2.12. The molecule has 1 aliphatic rings. The molecule has 2 heterocycles. The third-order valence-electron chi connectivity index (χ3n) is 3.49. The van der Waals surface area contributed by atoms with E-state index in [1.165, 1.54) is 27.5 Å². The van der Waals surface area contributed by atoms with Crippen molar-refractivity contribution in [2.45, 2.75) is 18.2 Å². The van der Waals surface area contributed by atoms with E-state index in [2.05, 4.69) is 6.07 Å². The summed E-state index contributed by atoms with van der Waals surface area (Å²) in [5.41, 5.74) is 8.88. The molecular formula is C15H16ClNOS2. The summed E-state index contributed by atoms with van der Waals surface area (Å²) in [7, 11) is 1.62. The number of thioether (sulfide) groups is 1. The molecule has 0 saturated carbocycles. The molecule has 0 amide bonds. The zero-order chi connectivity index (χ0) is 14.1. The molecule has 1 unspecified atom stereocenters. The van der Waals surface area contributed by atoms with Gasteiger partial charge in [0.25, 0.3) is 0 Å². The van der Waals surface area contributed by atoms with Gasteiger partial charge in [-0.05, 0) is 41.5 Å². The van der Waals surface area contributed by atoms with Gasteiger partial charge < -0.3 is 10.5 Å². The summed E-state index contributed by atoms with van der Waals surface area (Å²) < 4.78 is 5.18. The highest BCUT2D eigenvalue weighted by Gasteiger charge is 2.18. The summed E-state index contributed by atoms with van der Waals surface area (Å²) >= 11 is 10.0. The molecule has 1 atom stereocenters. The largest absolute Gasteiger partial charge is 0.495 e. The Morgan fingerprint density at radius 2 is 2.20 bits per heavy atom. The number of fused-ring (bicyclic) bond motifs is 1. The zero-order valence-corrected chi connectivity index (χ0v) is 13.6. The number of thiophene rings is 1. The van der Waals surface area contributed by atoms with Crippen LogP contribution in [0.1, 0.15) is 26.9 Å². The number of nitrogens with two attached hydrogens (primary N) is 1. The Hall–Kier alpha value is -0.680. The third-order valence-corrected chi connectivity index (χ3v) is 6.11. The fourth-order valence-corrected chi connectivity index (χ4v) is 5.04. The Morgan fingerprint density at radius 1 is 1.35 bits per heavy atom. The Morgan fingerprint density at radius 3 is 2.90 bits per heavy atom. The molecule has 2 aromatic rings. The van der Waals surface area contributed by atoms with Crippen molar-refractivity contribution in [3.05, 3.63) is 50.2 Å². The highest BCUT2D eigenvalue weighted by atomic mass is 35.5. The molecule has 0 radical (unpaired) electrons. The van der Waals surface area contributed by atoms with E-state index in [9.17, 15) is 0 Å². The normalized spacial score (nSPS) is 15.8. The van der Waals surface area contributed by atoms with Crippen LogP contribution >= 0.6 is 34.7 Å². The van der Waals surface area contributed by atoms with Gasteiger partial charge in [-0.25, -0.2) is 0 Å². The van der Waals surface area contributed by atoms with Crippen molar-refractivity contribution < 1.29 is 4.74 Å². The Bertz CT molecular complexity index is 603. The van der Waals surface area contributed by atoms with Crippen molar-refractivity contribution in [3.8, 4) is 5.75 Å². The smallest absolute Gasteiger partial charge is 0.137 e. The minimum absolute atomic E-state index is 0.112. The summed E-state index contributed by atoms with van der Waals surface area (Å²) in [5, 5.41) is 0.609. The number of aryl methyl sites for hydroxylation is 1. The van der Waals surface area contributed by atoms with Crippen molar-refractivity contribution in [2.24, 2.45) is 5.73 Å². The van der Waals surface area contributed by atoms with Crippen LogP contribution in [0.4, 0.5) is 0 Å². The number of ether oxygens (including phenoxy) is 1. The minimum atomic E-state index is -0.112. The van der Waals surface area contributed by atoms with E-state index >= 15 is 0 Å². The highest BCUT2D eigenvalue weighted by Crippen LogP contribution is 2.37. The first kappa shape index (κ1) is 14.3. The monoisotopic (exact) mass is 325 g/mol. The fourth-order valence-electron chi connectivity index (χ4n) is 2.36. The second-order valence-corrected chi connectivity index (χ2v) is 7.45. The van der Waals surface area contributed by atoms with Gasteiger partial charge in [0.15, 0.2) is 0 Å². The van der Waals surface area contributed by atoms with Crippen molar-refractivity contribution in [3.63, 3.8) is 0 Å². The maximum absolute atomic E-state index is 6.39. The summed E-state index contributed by atoms with van der Waals surface area (Å²) in [6.45, 7) is 0. The van der Waals surface area contributed by atoms with Crippen LogP contribution in [0.15, 0.2) is 24.3 Å². The van der Waals surface area contributed by atoms with Crippen LogP contribution in [-0.4, -0.2) is 12.9 Å². The van der Waals surface area contributed by atoms with E-state index in [1.54, 1.807) is 7.11 Å². The second-order valence-electron chi connectivity index (χ2n) is 4.77. The van der Waals surface area contributed by atoms with Gasteiger partial charge in [0, 0.05) is 15.5 Å². The van der Waals surface area contributed by atoms with E-state index in [4.69, 9.17) is 22.1 Å². The van der Waals surface area contributed by atoms with Crippen LogP contribution in [0.25, 0.3) is 0 Å². The molecule has 0 saturated heterocycles. The first-order valence-corrected chi connectivity index (χ1v) is 8.82. The standard InChI is InChI=1S/C15H16ClNOS2/c1-18-12-3-2-9(6-11(12)16)15(17)14-7-10-8-19-5-4-13(10)20-14/h2-3,6-7,15H,4-5,8,17H2,1H3. The van der Waals surface area contributed by atoms with Crippen LogP contribution in [-0.2, 0) is 12.2 Å². The number of rotatable bonds is 3. The molecule has 2 nitrogen and oxygen atoms in total. The van der Waals surface area contributed by atoms with E-state index in [0.717, 1.165) is 11.3 Å². The van der Waals surface area contributed by atoms with Crippen LogP contribution < -0.4 is 10.5 Å². The summed E-state index contributed by atoms with van der Waals surface area (Å²) in [6.07, 6.45) is 1.17. The van der Waals surface area contributed by atoms with Gasteiger partial charge in [0.2, 0.25) is 0 Å². The van der Waals surface area contributed by atoms with E-state index in [0.29, 0.717) is 10.8 Å². The molecular weight excluding hydrogens is 310 g/mol. The first-order valence-electron chi connectivity index (χ1n) is 6.47. The van der Waals surface area contributed by atoms with Crippen molar-refractivity contribution in [1.29, 1.82) is 0 Å². The first-order chi connectivity index (χ1) is 9.69. The Balaban J connectivity index is 1.90. The van der Waals surface area contributed by atoms with Crippen molar-refractivity contribution in [1.82, 2.24) is 0 Å². The Kier molecular flexibility index (Phi) is 4.26. The quantitative estimate of drug-likeness (QED) is 0.916. The molecule has 2 N–H and O–H groups in total. The zero-order valence-electron chi connectivity index (χ0n) is 11.2. The summed E-state index contributed by atoms with van der Waals surface area (Å²) in [5.74, 6) is 3.02. The molecule has 20 heavy (non-hydrogen) atoms. The van der Waals surface area contributed by atoms with Gasteiger partial charge in [-0.3, -0.25) is 0 Å². The molecule has 0 spiro atoms. The number of hydrogen-bond acceptors (Lipinski definition) is 4. The van der Waals surface area contributed by atoms with Gasteiger partial charge in [-0.15, -0.1) is 11.3 Å². The summed E-state index contributed by atoms with van der Waals surface area (Å²) in [6, 6.07) is 7.91. The lowest BCUT2D eigenvalue weighted by molar-refractivity contribution is 0.415. The molecule has 3 rings (SSSR count). The molecule has 1 aromatic carbocycles. The van der Waals surface area contributed by atoms with E-state index in [1.807, 2.05) is 41.3 Å². The van der Waals surface area contributed by atoms with Gasteiger partial charge >= 0.3 is 0 Å². The topological polar surface area (TPSA) is 35.2 Å². The number of methoxy groups -OCH3 is 1. The number of halogens is 1. The maximum Gasteiger partial charge on any atom is 0.137 e. The number of hydrogen-bond donors (Lipinski definition) is 1. The van der Waals surface area contributed by atoms with Gasteiger partial charge in [0.05, 0.1) is 18.2 Å². The van der Waals surface area contributed by atoms with Crippen molar-refractivity contribution >= 4 is 34.7 Å². The van der Waals surface area contributed by atoms with Crippen LogP contribution in [0.5, 0.6) is 5.75 Å². The van der Waals surface area contributed by atoms with Crippen LogP contribution in [0.2, 0.25) is 5.02 Å². The predicted octanol–water partition coefficient (Wildman–Crippen LogP) is 4.25. The maximum atomic E-state index is 6.39. The van der Waals surface area contributed by atoms with E-state index < -0.39 is 0 Å². The lowest BCUT2D eigenvalue weighted by Crippen LogP contribution is -2.10. The third kappa shape index (κ3) is 2.70. The van der Waals surface area contributed by atoms with Gasteiger partial charge in [-0.2, -0.15) is 11.8 Å². The number of benzene rings is 1. The van der Waals surface area contributed by atoms with Gasteiger partial charge in [-0.1, -0.05) is 17.7 Å². The molecule has 0 fully saturated rings. The average Bonchev–Trinajstić information content (AvgIpc) is 2.90. The fraction of sp³-hybridized carbons (Fsp3) is 0.333. The molecule has 1 aromatic heterocycles. The van der Waals surface area contributed by atoms with Crippen molar-refractivity contribution in [2.75, 3.05) is 12.9 Å². The predicted molar refractivity (Wildman–Crippen MR) is 88.2 cm³/mol. The molecule has 106 valence electrons. The molecule has 1 aliphatic heterocycles. The lowest BCUT2D eigenvalue weighted by atomic mass is 10.1. The Labute approximate surface area is 132 Å². The molecule has 0 bridgehead atoms.